The molecule has 1 N–H and O–H groups in total. The van der Waals surface area contributed by atoms with E-state index in [4.69, 9.17) is 11.6 Å². The molecule has 0 saturated heterocycles. The number of anilines is 1. The maximum absolute atomic E-state index is 12.5. The van der Waals surface area contributed by atoms with Crippen molar-refractivity contribution in [2.24, 2.45) is 7.05 Å². The van der Waals surface area contributed by atoms with Crippen LogP contribution < -0.4 is 5.32 Å². The molecule has 0 fully saturated rings. The summed E-state index contributed by atoms with van der Waals surface area (Å²) in [5.74, 6) is 1.02. The average Bonchev–Trinajstić information content (AvgIpc) is 3.40. The van der Waals surface area contributed by atoms with E-state index >= 15 is 0 Å². The summed E-state index contributed by atoms with van der Waals surface area (Å²) in [5, 5.41) is 13.1. The van der Waals surface area contributed by atoms with Gasteiger partial charge in [-0.05, 0) is 48.7 Å². The fraction of sp³-hybridized carbons (Fsp3) is 0.240. The van der Waals surface area contributed by atoms with E-state index in [9.17, 15) is 4.79 Å². The molecule has 4 aromatic rings. The highest BCUT2D eigenvalue weighted by molar-refractivity contribution is 7.99. The zero-order valence-corrected chi connectivity index (χ0v) is 20.2. The first kappa shape index (κ1) is 23.1. The third-order valence-electron chi connectivity index (χ3n) is 5.44. The quantitative estimate of drug-likeness (QED) is 0.337. The zero-order valence-electron chi connectivity index (χ0n) is 18.7. The van der Waals surface area contributed by atoms with E-state index in [1.54, 1.807) is 6.07 Å². The minimum atomic E-state index is -0.110. The number of thioether (sulfide) groups is 1. The van der Waals surface area contributed by atoms with Crippen molar-refractivity contribution in [3.8, 4) is 0 Å². The van der Waals surface area contributed by atoms with Gasteiger partial charge in [-0.15, -0.1) is 10.2 Å². The topological polar surface area (TPSA) is 64.7 Å². The minimum absolute atomic E-state index is 0.110. The van der Waals surface area contributed by atoms with Crippen LogP contribution in [0.25, 0.3) is 0 Å². The smallest absolute Gasteiger partial charge is 0.234 e. The van der Waals surface area contributed by atoms with Gasteiger partial charge in [0.25, 0.3) is 0 Å². The lowest BCUT2D eigenvalue weighted by molar-refractivity contribution is -0.113. The van der Waals surface area contributed by atoms with Crippen LogP contribution in [0.15, 0.2) is 72.0 Å². The molecule has 0 unspecified atom stereocenters. The molecule has 0 aliphatic carbocycles. The highest BCUT2D eigenvalue weighted by atomic mass is 35.5. The Balaban J connectivity index is 1.46. The minimum Gasteiger partial charge on any atom is -0.354 e. The van der Waals surface area contributed by atoms with Gasteiger partial charge in [-0.1, -0.05) is 59.8 Å². The molecule has 4 rings (SSSR count). The Morgan fingerprint density at radius 1 is 1.09 bits per heavy atom. The first-order valence-corrected chi connectivity index (χ1v) is 12.1. The van der Waals surface area contributed by atoms with Crippen LogP contribution in [0.1, 0.15) is 22.6 Å². The number of carbonyl (C=O) groups is 1. The summed E-state index contributed by atoms with van der Waals surface area (Å²) in [6.45, 7) is 2.67. The molecule has 0 bridgehead atoms. The SMILES string of the molecule is Cc1ccc(NC(=O)CSc2nnc(Cc3cccn3C)n2CCc2ccccc2)cc1Cl. The van der Waals surface area contributed by atoms with Gasteiger partial charge in [0.05, 0.1) is 5.75 Å². The number of hydrogen-bond donors (Lipinski definition) is 1. The van der Waals surface area contributed by atoms with Crippen molar-refractivity contribution in [1.82, 2.24) is 19.3 Å². The van der Waals surface area contributed by atoms with Gasteiger partial charge in [-0.2, -0.15) is 0 Å². The van der Waals surface area contributed by atoms with E-state index in [1.807, 2.05) is 56.6 Å². The Labute approximate surface area is 203 Å². The number of nitrogens with zero attached hydrogens (tertiary/aromatic N) is 4. The Hall–Kier alpha value is -3.03. The summed E-state index contributed by atoms with van der Waals surface area (Å²) in [4.78, 5) is 12.5. The van der Waals surface area contributed by atoms with E-state index in [1.165, 1.54) is 17.3 Å². The lowest BCUT2D eigenvalue weighted by Gasteiger charge is -2.11. The standard InChI is InChI=1S/C25H26ClN5OS/c1-18-10-11-20(15-22(18)26)27-24(32)17-33-25-29-28-23(16-21-9-6-13-30(21)2)31(25)14-12-19-7-4-3-5-8-19/h3-11,13,15H,12,14,16-17H2,1-2H3,(H,27,32). The van der Waals surface area contributed by atoms with Crippen LogP contribution in [-0.2, 0) is 31.2 Å². The number of carbonyl (C=O) groups excluding carboxylic acids is 1. The fourth-order valence-corrected chi connectivity index (χ4v) is 4.47. The molecular formula is C25H26ClN5OS. The number of benzene rings is 2. The van der Waals surface area contributed by atoms with Gasteiger partial charge in [0.1, 0.15) is 5.82 Å². The molecule has 1 amide bonds. The van der Waals surface area contributed by atoms with Crippen molar-refractivity contribution in [2.45, 2.75) is 31.5 Å². The van der Waals surface area contributed by atoms with E-state index in [0.29, 0.717) is 17.1 Å². The maximum atomic E-state index is 12.5. The molecule has 0 radical (unpaired) electrons. The molecular weight excluding hydrogens is 454 g/mol. The normalized spacial score (nSPS) is 11.0. The number of rotatable bonds is 9. The molecule has 8 heteroatoms. The highest BCUT2D eigenvalue weighted by Crippen LogP contribution is 2.22. The van der Waals surface area contributed by atoms with Crippen LogP contribution in [-0.4, -0.2) is 31.0 Å². The second-order valence-corrected chi connectivity index (χ2v) is 9.22. The van der Waals surface area contributed by atoms with Crippen molar-refractivity contribution in [3.63, 3.8) is 0 Å². The van der Waals surface area contributed by atoms with Crippen molar-refractivity contribution in [3.05, 3.63) is 94.5 Å². The predicted molar refractivity (Wildman–Crippen MR) is 134 cm³/mol. The van der Waals surface area contributed by atoms with Gasteiger partial charge in [-0.3, -0.25) is 4.79 Å². The summed E-state index contributed by atoms with van der Waals surface area (Å²) < 4.78 is 4.21. The largest absolute Gasteiger partial charge is 0.354 e. The average molecular weight is 480 g/mol. The third kappa shape index (κ3) is 6.06. The van der Waals surface area contributed by atoms with Crippen molar-refractivity contribution < 1.29 is 4.79 Å². The van der Waals surface area contributed by atoms with Crippen molar-refractivity contribution in [1.29, 1.82) is 0 Å². The van der Waals surface area contributed by atoms with Crippen molar-refractivity contribution >= 4 is 35.0 Å². The van der Waals surface area contributed by atoms with Gasteiger partial charge in [-0.25, -0.2) is 0 Å². The zero-order chi connectivity index (χ0) is 23.2. The molecule has 0 saturated carbocycles. The van der Waals surface area contributed by atoms with Crippen LogP contribution in [0.2, 0.25) is 5.02 Å². The summed E-state index contributed by atoms with van der Waals surface area (Å²) in [5.41, 5.74) is 4.07. The molecule has 170 valence electrons. The van der Waals surface area contributed by atoms with Crippen LogP contribution in [0.5, 0.6) is 0 Å². The fourth-order valence-electron chi connectivity index (χ4n) is 3.51. The number of halogens is 1. The van der Waals surface area contributed by atoms with Crippen molar-refractivity contribution in [2.75, 3.05) is 11.1 Å². The van der Waals surface area contributed by atoms with E-state index in [-0.39, 0.29) is 11.7 Å². The second-order valence-electron chi connectivity index (χ2n) is 7.87. The lowest BCUT2D eigenvalue weighted by atomic mass is 10.1. The second kappa shape index (κ2) is 10.7. The van der Waals surface area contributed by atoms with E-state index < -0.39 is 0 Å². The van der Waals surface area contributed by atoms with Crippen LogP contribution >= 0.6 is 23.4 Å². The third-order valence-corrected chi connectivity index (χ3v) is 6.81. The number of nitrogens with one attached hydrogen (secondary N) is 1. The molecule has 0 spiro atoms. The maximum Gasteiger partial charge on any atom is 0.234 e. The molecule has 0 atom stereocenters. The first-order chi connectivity index (χ1) is 16.0. The van der Waals surface area contributed by atoms with Gasteiger partial charge >= 0.3 is 0 Å². The van der Waals surface area contributed by atoms with E-state index in [2.05, 4.69) is 42.8 Å². The van der Waals surface area contributed by atoms with Crippen LogP contribution in [0, 0.1) is 6.92 Å². The van der Waals surface area contributed by atoms with Crippen LogP contribution in [0.4, 0.5) is 5.69 Å². The lowest BCUT2D eigenvalue weighted by Crippen LogP contribution is -2.15. The molecule has 33 heavy (non-hydrogen) atoms. The molecule has 2 heterocycles. The Morgan fingerprint density at radius 2 is 1.91 bits per heavy atom. The predicted octanol–water partition coefficient (Wildman–Crippen LogP) is 5.14. The highest BCUT2D eigenvalue weighted by Gasteiger charge is 2.16. The van der Waals surface area contributed by atoms with Gasteiger partial charge in [0, 0.05) is 42.6 Å². The molecule has 2 aromatic heterocycles. The van der Waals surface area contributed by atoms with Gasteiger partial charge in [0.2, 0.25) is 5.91 Å². The Morgan fingerprint density at radius 3 is 2.64 bits per heavy atom. The number of aromatic nitrogens is 4. The Bertz CT molecular complexity index is 1230. The number of amides is 1. The molecule has 2 aromatic carbocycles. The number of aryl methyl sites for hydroxylation is 3. The van der Waals surface area contributed by atoms with Gasteiger partial charge < -0.3 is 14.5 Å². The molecule has 0 aliphatic heterocycles. The summed E-state index contributed by atoms with van der Waals surface area (Å²) in [6.07, 6.45) is 3.57. The Kier molecular flexibility index (Phi) is 7.52. The first-order valence-electron chi connectivity index (χ1n) is 10.7. The summed E-state index contributed by atoms with van der Waals surface area (Å²) in [6, 6.07) is 20.0. The molecule has 0 aliphatic rings. The summed E-state index contributed by atoms with van der Waals surface area (Å²) in [7, 11) is 2.03. The molecule has 6 nitrogen and oxygen atoms in total. The van der Waals surface area contributed by atoms with E-state index in [0.717, 1.165) is 35.2 Å². The monoisotopic (exact) mass is 479 g/mol. The number of hydrogen-bond acceptors (Lipinski definition) is 4. The van der Waals surface area contributed by atoms with Crippen LogP contribution in [0.3, 0.4) is 0 Å². The summed E-state index contributed by atoms with van der Waals surface area (Å²) >= 11 is 7.56. The van der Waals surface area contributed by atoms with Gasteiger partial charge in [0.15, 0.2) is 5.16 Å².